The first-order valence-corrected chi connectivity index (χ1v) is 8.94. The fraction of sp³-hybridized carbons (Fsp3) is 0.211. The van der Waals surface area contributed by atoms with Crippen LogP contribution in [0, 0.1) is 5.82 Å². The second-order valence-electron chi connectivity index (χ2n) is 6.46. The topological polar surface area (TPSA) is 46.3 Å². The van der Waals surface area contributed by atoms with Crippen molar-refractivity contribution in [2.45, 2.75) is 19.3 Å². The maximum atomic E-state index is 14.3. The van der Waals surface area contributed by atoms with E-state index in [-0.39, 0.29) is 5.02 Å². The quantitative estimate of drug-likeness (QED) is 0.495. The van der Waals surface area contributed by atoms with Gasteiger partial charge >= 0.3 is 0 Å². The lowest BCUT2D eigenvalue weighted by atomic mass is 10.1. The third-order valence-corrected chi connectivity index (χ3v) is 5.18. The van der Waals surface area contributed by atoms with Gasteiger partial charge in [0.05, 0.1) is 10.5 Å². The lowest BCUT2D eigenvalue weighted by molar-refractivity contribution is 0.630. The molecule has 0 bridgehead atoms. The lowest BCUT2D eigenvalue weighted by Crippen LogP contribution is -2.20. The second kappa shape index (κ2) is 5.92. The van der Waals surface area contributed by atoms with E-state index in [0.717, 1.165) is 37.0 Å². The Hall–Kier alpha value is -2.73. The summed E-state index contributed by atoms with van der Waals surface area (Å²) in [5.74, 6) is 0.695. The highest BCUT2D eigenvalue weighted by atomic mass is 35.5. The van der Waals surface area contributed by atoms with E-state index in [9.17, 15) is 4.39 Å². The van der Waals surface area contributed by atoms with Crippen molar-refractivity contribution in [3.05, 3.63) is 59.1 Å². The van der Waals surface area contributed by atoms with Gasteiger partial charge in [-0.1, -0.05) is 29.8 Å². The summed E-state index contributed by atoms with van der Waals surface area (Å²) in [6.45, 7) is 0.813. The number of rotatable bonds is 1. The van der Waals surface area contributed by atoms with E-state index in [2.05, 4.69) is 33.3 Å². The van der Waals surface area contributed by atoms with E-state index in [0.29, 0.717) is 17.0 Å². The Morgan fingerprint density at radius 3 is 2.92 bits per heavy atom. The maximum Gasteiger partial charge on any atom is 0.257 e. The number of fused-ring (bicyclic) bond motifs is 4. The molecular formula is C19H15ClFN5. The molecule has 5 rings (SSSR count). The molecule has 0 saturated carbocycles. The minimum Gasteiger partial charge on any atom is -0.325 e. The number of benzene rings is 2. The number of hydrogen-bond acceptors (Lipinski definition) is 4. The average molecular weight is 368 g/mol. The summed E-state index contributed by atoms with van der Waals surface area (Å²) in [5.41, 5.74) is 3.12. The Bertz CT molecular complexity index is 1140. The van der Waals surface area contributed by atoms with E-state index in [1.165, 1.54) is 11.6 Å². The summed E-state index contributed by atoms with van der Waals surface area (Å²) in [6.07, 6.45) is 4.74. The minimum atomic E-state index is -0.460. The standard InChI is InChI=1S/C19H15ClFN5/c20-14-10-17-13(9-15(14)21)18(23-19-24-22-11-26(17)19)25-8-4-3-6-12-5-1-2-7-16(12)25/h1-2,5,7,9-11H,3-4,6,8H2. The van der Waals surface area contributed by atoms with E-state index in [1.54, 1.807) is 16.8 Å². The third kappa shape index (κ3) is 2.33. The summed E-state index contributed by atoms with van der Waals surface area (Å²) in [4.78, 5) is 6.86. The van der Waals surface area contributed by atoms with Gasteiger partial charge in [0.2, 0.25) is 0 Å². The van der Waals surface area contributed by atoms with Gasteiger partial charge in [-0.2, -0.15) is 4.98 Å². The van der Waals surface area contributed by atoms with E-state index >= 15 is 0 Å². The van der Waals surface area contributed by atoms with Crippen LogP contribution in [0.4, 0.5) is 15.9 Å². The van der Waals surface area contributed by atoms with Crippen molar-refractivity contribution in [3.63, 3.8) is 0 Å². The molecular weight excluding hydrogens is 353 g/mol. The molecule has 0 saturated heterocycles. The first kappa shape index (κ1) is 15.5. The molecule has 130 valence electrons. The van der Waals surface area contributed by atoms with Crippen molar-refractivity contribution in [3.8, 4) is 0 Å². The van der Waals surface area contributed by atoms with Crippen LogP contribution in [0.3, 0.4) is 0 Å². The zero-order valence-corrected chi connectivity index (χ0v) is 14.6. The molecule has 0 spiro atoms. The molecule has 7 heteroatoms. The summed E-state index contributed by atoms with van der Waals surface area (Å²) in [5, 5.41) is 8.80. The van der Waals surface area contributed by atoms with Gasteiger partial charge in [0, 0.05) is 17.6 Å². The highest BCUT2D eigenvalue weighted by Crippen LogP contribution is 2.37. The molecule has 3 heterocycles. The van der Waals surface area contributed by atoms with Crippen LogP contribution in [0.1, 0.15) is 18.4 Å². The Kier molecular flexibility index (Phi) is 3.53. The number of nitrogens with zero attached hydrogens (tertiary/aromatic N) is 5. The molecule has 0 aliphatic carbocycles. The molecule has 4 aromatic rings. The van der Waals surface area contributed by atoms with Crippen LogP contribution in [-0.4, -0.2) is 26.1 Å². The molecule has 0 fully saturated rings. The Morgan fingerprint density at radius 2 is 2.00 bits per heavy atom. The van der Waals surface area contributed by atoms with E-state index < -0.39 is 5.82 Å². The fourth-order valence-corrected chi connectivity index (χ4v) is 3.82. The highest BCUT2D eigenvalue weighted by Gasteiger charge is 2.22. The van der Waals surface area contributed by atoms with Crippen molar-refractivity contribution < 1.29 is 4.39 Å². The van der Waals surface area contributed by atoms with Gasteiger partial charge < -0.3 is 4.90 Å². The Balaban J connectivity index is 1.84. The predicted octanol–water partition coefficient (Wildman–Crippen LogP) is 4.54. The molecule has 0 amide bonds. The largest absolute Gasteiger partial charge is 0.325 e. The number of aryl methyl sites for hydroxylation is 1. The number of hydrogen-bond donors (Lipinski definition) is 0. The van der Waals surface area contributed by atoms with Gasteiger partial charge in [-0.3, -0.25) is 4.40 Å². The Morgan fingerprint density at radius 1 is 1.12 bits per heavy atom. The van der Waals surface area contributed by atoms with Gasteiger partial charge in [0.25, 0.3) is 5.78 Å². The molecule has 26 heavy (non-hydrogen) atoms. The van der Waals surface area contributed by atoms with Crippen molar-refractivity contribution in [2.24, 2.45) is 0 Å². The molecule has 0 atom stereocenters. The molecule has 2 aromatic carbocycles. The second-order valence-corrected chi connectivity index (χ2v) is 6.86. The smallest absolute Gasteiger partial charge is 0.257 e. The minimum absolute atomic E-state index is 0.0703. The SMILES string of the molecule is Fc1cc2c(N3CCCCc4ccccc43)nc3nncn3c2cc1Cl. The van der Waals surface area contributed by atoms with Gasteiger partial charge in [0.15, 0.2) is 0 Å². The van der Waals surface area contributed by atoms with Gasteiger partial charge in [-0.15, -0.1) is 10.2 Å². The Labute approximate surface area is 154 Å². The van der Waals surface area contributed by atoms with Crippen LogP contribution in [0.2, 0.25) is 5.02 Å². The molecule has 0 N–H and O–H groups in total. The molecule has 2 aromatic heterocycles. The first-order valence-electron chi connectivity index (χ1n) is 8.56. The normalized spacial score (nSPS) is 14.6. The van der Waals surface area contributed by atoms with Crippen LogP contribution < -0.4 is 4.90 Å². The van der Waals surface area contributed by atoms with Crippen molar-refractivity contribution in [1.82, 2.24) is 19.6 Å². The highest BCUT2D eigenvalue weighted by molar-refractivity contribution is 6.31. The van der Waals surface area contributed by atoms with Gasteiger partial charge in [-0.05, 0) is 43.0 Å². The van der Waals surface area contributed by atoms with E-state index in [1.807, 2.05) is 6.07 Å². The molecule has 1 aliphatic rings. The molecule has 0 radical (unpaired) electrons. The van der Waals surface area contributed by atoms with Crippen LogP contribution in [0.15, 0.2) is 42.7 Å². The van der Waals surface area contributed by atoms with Crippen LogP contribution >= 0.6 is 11.6 Å². The zero-order valence-electron chi connectivity index (χ0n) is 13.9. The lowest BCUT2D eigenvalue weighted by Gasteiger charge is -2.25. The number of aromatic nitrogens is 4. The summed E-state index contributed by atoms with van der Waals surface area (Å²) >= 11 is 6.04. The van der Waals surface area contributed by atoms with Crippen LogP contribution in [0.25, 0.3) is 16.7 Å². The van der Waals surface area contributed by atoms with Gasteiger partial charge in [-0.25, -0.2) is 4.39 Å². The number of halogens is 2. The van der Waals surface area contributed by atoms with Crippen LogP contribution in [0.5, 0.6) is 0 Å². The number of anilines is 2. The monoisotopic (exact) mass is 367 g/mol. The van der Waals surface area contributed by atoms with E-state index in [4.69, 9.17) is 16.6 Å². The molecule has 0 unspecified atom stereocenters. The number of para-hydroxylation sites is 1. The third-order valence-electron chi connectivity index (χ3n) is 4.89. The first-order chi connectivity index (χ1) is 12.7. The summed E-state index contributed by atoms with van der Waals surface area (Å²) < 4.78 is 16.0. The average Bonchev–Trinajstić information content (AvgIpc) is 3.02. The van der Waals surface area contributed by atoms with Crippen molar-refractivity contribution in [2.75, 3.05) is 11.4 Å². The van der Waals surface area contributed by atoms with Crippen molar-refractivity contribution in [1.29, 1.82) is 0 Å². The summed E-state index contributed by atoms with van der Waals surface area (Å²) in [6, 6.07) is 11.4. The maximum absolute atomic E-state index is 14.3. The molecule has 1 aliphatic heterocycles. The zero-order chi connectivity index (χ0) is 17.7. The van der Waals surface area contributed by atoms with Crippen LogP contribution in [-0.2, 0) is 6.42 Å². The molecule has 5 nitrogen and oxygen atoms in total. The van der Waals surface area contributed by atoms with Gasteiger partial charge in [0.1, 0.15) is 18.0 Å². The fourth-order valence-electron chi connectivity index (χ4n) is 3.66. The predicted molar refractivity (Wildman–Crippen MR) is 99.6 cm³/mol. The summed E-state index contributed by atoms with van der Waals surface area (Å²) in [7, 11) is 0. The van der Waals surface area contributed by atoms with Crippen molar-refractivity contribution >= 4 is 39.8 Å².